The Morgan fingerprint density at radius 2 is 1.91 bits per heavy atom. The molecule has 0 bridgehead atoms. The highest BCUT2D eigenvalue weighted by Crippen LogP contribution is 2.34. The third kappa shape index (κ3) is 3.43. The minimum Gasteiger partial charge on any atom is -0.466 e. The molecule has 0 atom stereocenters. The van der Waals surface area contributed by atoms with E-state index in [4.69, 9.17) is 4.42 Å². The Hall–Kier alpha value is -1.79. The van der Waals surface area contributed by atoms with E-state index in [1.807, 2.05) is 44.2 Å². The lowest BCUT2D eigenvalue weighted by Gasteiger charge is -2.12. The van der Waals surface area contributed by atoms with Crippen LogP contribution >= 0.6 is 27.7 Å². The van der Waals surface area contributed by atoms with Crippen molar-refractivity contribution in [2.75, 3.05) is 0 Å². The van der Waals surface area contributed by atoms with Gasteiger partial charge in [-0.3, -0.25) is 14.5 Å². The number of rotatable bonds is 3. The molecule has 0 radical (unpaired) electrons. The number of amides is 2. The number of nitrogens with zero attached hydrogens (tertiary/aromatic N) is 1. The molecule has 6 heteroatoms. The van der Waals surface area contributed by atoms with Crippen molar-refractivity contribution in [2.24, 2.45) is 0 Å². The molecule has 1 aromatic carbocycles. The van der Waals surface area contributed by atoms with Gasteiger partial charge in [0.2, 0.25) is 0 Å². The monoisotopic (exact) mass is 391 g/mol. The van der Waals surface area contributed by atoms with E-state index in [0.29, 0.717) is 4.91 Å². The first-order valence-electron chi connectivity index (χ1n) is 7.01. The van der Waals surface area contributed by atoms with E-state index < -0.39 is 0 Å². The van der Waals surface area contributed by atoms with Gasteiger partial charge in [0.25, 0.3) is 11.1 Å². The molecule has 3 rings (SSSR count). The van der Waals surface area contributed by atoms with Crippen molar-refractivity contribution in [3.63, 3.8) is 0 Å². The minimum absolute atomic E-state index is 0.248. The number of carbonyl (C=O) groups excluding carboxylic acids is 2. The lowest BCUT2D eigenvalue weighted by atomic mass is 10.2. The van der Waals surface area contributed by atoms with E-state index in [2.05, 4.69) is 15.9 Å². The molecule has 0 unspecified atom stereocenters. The van der Waals surface area contributed by atoms with Crippen LogP contribution in [0.3, 0.4) is 0 Å². The maximum absolute atomic E-state index is 12.5. The van der Waals surface area contributed by atoms with Crippen LogP contribution in [0, 0.1) is 13.8 Å². The molecule has 1 aromatic heterocycles. The Morgan fingerprint density at radius 3 is 2.52 bits per heavy atom. The Bertz CT molecular complexity index is 808. The summed E-state index contributed by atoms with van der Waals surface area (Å²) in [5.41, 5.74) is 1.74. The van der Waals surface area contributed by atoms with E-state index in [-0.39, 0.29) is 17.7 Å². The highest BCUT2D eigenvalue weighted by Gasteiger charge is 2.35. The minimum atomic E-state index is -0.263. The predicted molar refractivity (Wildman–Crippen MR) is 93.8 cm³/mol. The standard InChI is InChI=1S/C17H14BrNO3S/c1-10-7-13(11(2)22-10)8-15-16(20)19(17(21)23-15)9-12-3-5-14(18)6-4-12/h3-8H,9H2,1-2H3/b15-8-. The van der Waals surface area contributed by atoms with Crippen LogP contribution in [0.25, 0.3) is 6.08 Å². The molecule has 2 heterocycles. The van der Waals surface area contributed by atoms with Gasteiger partial charge in [-0.25, -0.2) is 0 Å². The summed E-state index contributed by atoms with van der Waals surface area (Å²) >= 11 is 4.33. The fraction of sp³-hybridized carbons (Fsp3) is 0.176. The van der Waals surface area contributed by atoms with Crippen LogP contribution in [0.4, 0.5) is 4.79 Å². The summed E-state index contributed by atoms with van der Waals surface area (Å²) in [4.78, 5) is 26.3. The summed E-state index contributed by atoms with van der Waals surface area (Å²) in [5.74, 6) is 1.26. The molecule has 2 aromatic rings. The summed E-state index contributed by atoms with van der Waals surface area (Å²) in [6.07, 6.45) is 1.72. The van der Waals surface area contributed by atoms with Crippen molar-refractivity contribution in [3.8, 4) is 0 Å². The van der Waals surface area contributed by atoms with Crippen molar-refractivity contribution in [3.05, 3.63) is 62.4 Å². The number of aryl methyl sites for hydroxylation is 2. The van der Waals surface area contributed by atoms with Gasteiger partial charge < -0.3 is 4.42 Å². The number of imide groups is 1. The number of halogens is 1. The Labute approximate surface area is 146 Å². The molecule has 2 amide bonds. The van der Waals surface area contributed by atoms with Gasteiger partial charge in [-0.1, -0.05) is 28.1 Å². The second-order valence-corrected chi connectivity index (χ2v) is 7.17. The molecule has 118 valence electrons. The first-order valence-corrected chi connectivity index (χ1v) is 8.62. The number of thioether (sulfide) groups is 1. The van der Waals surface area contributed by atoms with Crippen LogP contribution in [0.5, 0.6) is 0 Å². The number of benzene rings is 1. The lowest BCUT2D eigenvalue weighted by Crippen LogP contribution is -2.27. The highest BCUT2D eigenvalue weighted by atomic mass is 79.9. The van der Waals surface area contributed by atoms with Gasteiger partial charge in [-0.2, -0.15) is 0 Å². The van der Waals surface area contributed by atoms with Crippen molar-refractivity contribution in [1.82, 2.24) is 4.90 Å². The summed E-state index contributed by atoms with van der Waals surface area (Å²) in [5, 5.41) is -0.248. The molecule has 0 N–H and O–H groups in total. The average Bonchev–Trinajstić information content (AvgIpc) is 2.95. The Kier molecular flexibility index (Phi) is 4.46. The van der Waals surface area contributed by atoms with E-state index >= 15 is 0 Å². The highest BCUT2D eigenvalue weighted by molar-refractivity contribution is 9.10. The summed E-state index contributed by atoms with van der Waals surface area (Å²) < 4.78 is 6.41. The lowest BCUT2D eigenvalue weighted by molar-refractivity contribution is -0.123. The van der Waals surface area contributed by atoms with E-state index in [1.165, 1.54) is 4.90 Å². The zero-order valence-electron chi connectivity index (χ0n) is 12.6. The maximum Gasteiger partial charge on any atom is 0.293 e. The molecule has 4 nitrogen and oxygen atoms in total. The summed E-state index contributed by atoms with van der Waals surface area (Å²) in [6.45, 7) is 3.97. The Morgan fingerprint density at radius 1 is 1.22 bits per heavy atom. The van der Waals surface area contributed by atoms with Crippen LogP contribution in [0.15, 0.2) is 44.1 Å². The van der Waals surface area contributed by atoms with Gasteiger partial charge in [-0.05, 0) is 55.4 Å². The van der Waals surface area contributed by atoms with Crippen molar-refractivity contribution in [1.29, 1.82) is 0 Å². The third-order valence-corrected chi connectivity index (χ3v) is 4.93. The van der Waals surface area contributed by atoms with Crippen LogP contribution in [0.2, 0.25) is 0 Å². The van der Waals surface area contributed by atoms with Gasteiger partial charge in [0.05, 0.1) is 11.4 Å². The van der Waals surface area contributed by atoms with Crippen molar-refractivity contribution in [2.45, 2.75) is 20.4 Å². The topological polar surface area (TPSA) is 50.5 Å². The molecule has 1 aliphatic rings. The molecule has 0 saturated carbocycles. The average molecular weight is 392 g/mol. The van der Waals surface area contributed by atoms with Crippen molar-refractivity contribution >= 4 is 44.9 Å². The second kappa shape index (κ2) is 6.37. The number of furan rings is 1. The Balaban J connectivity index is 1.82. The van der Waals surface area contributed by atoms with Crippen LogP contribution < -0.4 is 0 Å². The number of hydrogen-bond donors (Lipinski definition) is 0. The van der Waals surface area contributed by atoms with Crippen molar-refractivity contribution < 1.29 is 14.0 Å². The molecule has 0 spiro atoms. The van der Waals surface area contributed by atoms with Crippen LogP contribution in [-0.2, 0) is 11.3 Å². The van der Waals surface area contributed by atoms with Gasteiger partial charge in [0.15, 0.2) is 0 Å². The van der Waals surface area contributed by atoms with E-state index in [1.54, 1.807) is 6.08 Å². The SMILES string of the molecule is Cc1cc(/C=C2\SC(=O)N(Cc3ccc(Br)cc3)C2=O)c(C)o1. The molecular formula is C17H14BrNO3S. The molecular weight excluding hydrogens is 378 g/mol. The summed E-state index contributed by atoms with van der Waals surface area (Å²) in [6, 6.07) is 9.42. The fourth-order valence-corrected chi connectivity index (χ4v) is 3.44. The second-order valence-electron chi connectivity index (χ2n) is 5.26. The molecule has 23 heavy (non-hydrogen) atoms. The van der Waals surface area contributed by atoms with Gasteiger partial charge in [0.1, 0.15) is 11.5 Å². The number of carbonyl (C=O) groups is 2. The third-order valence-electron chi connectivity index (χ3n) is 3.49. The molecule has 1 aliphatic heterocycles. The molecule has 1 fully saturated rings. The predicted octanol–water partition coefficient (Wildman–Crippen LogP) is 4.90. The van der Waals surface area contributed by atoms with Gasteiger partial charge in [-0.15, -0.1) is 0 Å². The van der Waals surface area contributed by atoms with E-state index in [9.17, 15) is 9.59 Å². The zero-order chi connectivity index (χ0) is 16.6. The van der Waals surface area contributed by atoms with Crippen LogP contribution in [-0.4, -0.2) is 16.0 Å². The maximum atomic E-state index is 12.5. The van der Waals surface area contributed by atoms with Gasteiger partial charge in [0, 0.05) is 10.0 Å². The first-order chi connectivity index (χ1) is 10.9. The summed E-state index contributed by atoms with van der Waals surface area (Å²) in [7, 11) is 0. The van der Waals surface area contributed by atoms with Crippen LogP contribution in [0.1, 0.15) is 22.6 Å². The smallest absolute Gasteiger partial charge is 0.293 e. The largest absolute Gasteiger partial charge is 0.466 e. The first kappa shape index (κ1) is 16.1. The fourth-order valence-electron chi connectivity index (χ4n) is 2.34. The number of hydrogen-bond acceptors (Lipinski definition) is 4. The zero-order valence-corrected chi connectivity index (χ0v) is 15.0. The normalized spacial score (nSPS) is 16.7. The van der Waals surface area contributed by atoms with Gasteiger partial charge >= 0.3 is 0 Å². The molecule has 1 saturated heterocycles. The quantitative estimate of drug-likeness (QED) is 0.698. The van der Waals surface area contributed by atoms with E-state index in [0.717, 1.165) is 38.9 Å². The molecule has 0 aliphatic carbocycles.